The number of hydrogen-bond acceptors (Lipinski definition) is 3. The van der Waals surface area contributed by atoms with Gasteiger partial charge in [-0.2, -0.15) is 13.2 Å². The molecule has 0 spiro atoms. The van der Waals surface area contributed by atoms with Crippen LogP contribution in [0.25, 0.3) is 0 Å². The van der Waals surface area contributed by atoms with Crippen molar-refractivity contribution in [3.8, 4) is 0 Å². The van der Waals surface area contributed by atoms with Crippen molar-refractivity contribution in [2.75, 3.05) is 32.5 Å². The van der Waals surface area contributed by atoms with Gasteiger partial charge in [0.1, 0.15) is 0 Å². The van der Waals surface area contributed by atoms with Crippen LogP contribution in [-0.2, 0) is 11.0 Å². The predicted molar refractivity (Wildman–Crippen MR) is 87.8 cm³/mol. The minimum Gasteiger partial charge on any atom is -0.376 e. The second-order valence-electron chi connectivity index (χ2n) is 6.53. The standard InChI is InChI=1S/C17H24F3N3O/c1-23(2)16(8-3-4-9-16)12-22-15(24)11-21-14-7-5-6-13(10-14)17(18,19)20/h5-7,10,21H,3-4,8-9,11-12H2,1-2H3,(H,22,24). The molecule has 1 aliphatic carbocycles. The number of nitrogens with zero attached hydrogens (tertiary/aromatic N) is 1. The summed E-state index contributed by atoms with van der Waals surface area (Å²) in [5.41, 5.74) is -0.458. The van der Waals surface area contributed by atoms with Crippen molar-refractivity contribution >= 4 is 11.6 Å². The molecule has 1 aromatic carbocycles. The molecule has 7 heteroatoms. The van der Waals surface area contributed by atoms with Gasteiger partial charge < -0.3 is 15.5 Å². The lowest BCUT2D eigenvalue weighted by Gasteiger charge is -2.36. The first-order valence-electron chi connectivity index (χ1n) is 8.08. The summed E-state index contributed by atoms with van der Waals surface area (Å²) < 4.78 is 38.0. The number of rotatable bonds is 6. The average molecular weight is 343 g/mol. The van der Waals surface area contributed by atoms with Crippen molar-refractivity contribution in [1.29, 1.82) is 0 Å². The van der Waals surface area contributed by atoms with Gasteiger partial charge in [0.25, 0.3) is 0 Å². The number of benzene rings is 1. The van der Waals surface area contributed by atoms with Crippen LogP contribution in [-0.4, -0.2) is 43.5 Å². The van der Waals surface area contributed by atoms with Crippen molar-refractivity contribution in [2.24, 2.45) is 0 Å². The summed E-state index contributed by atoms with van der Waals surface area (Å²) in [6.07, 6.45) is -0.00371. The summed E-state index contributed by atoms with van der Waals surface area (Å²) in [5.74, 6) is -0.222. The molecule has 0 heterocycles. The van der Waals surface area contributed by atoms with Gasteiger partial charge >= 0.3 is 6.18 Å². The van der Waals surface area contributed by atoms with E-state index in [9.17, 15) is 18.0 Å². The lowest BCUT2D eigenvalue weighted by molar-refractivity contribution is -0.137. The van der Waals surface area contributed by atoms with Gasteiger partial charge in [0.15, 0.2) is 0 Å². The second kappa shape index (κ2) is 7.42. The molecule has 2 N–H and O–H groups in total. The number of carbonyl (C=O) groups excluding carboxylic acids is 1. The lowest BCUT2D eigenvalue weighted by Crippen LogP contribution is -2.51. The summed E-state index contributed by atoms with van der Waals surface area (Å²) in [6, 6.07) is 4.85. The maximum atomic E-state index is 12.7. The maximum absolute atomic E-state index is 12.7. The molecule has 134 valence electrons. The van der Waals surface area contributed by atoms with Crippen molar-refractivity contribution < 1.29 is 18.0 Å². The Morgan fingerprint density at radius 3 is 2.50 bits per heavy atom. The number of carbonyl (C=O) groups is 1. The van der Waals surface area contributed by atoms with Gasteiger partial charge in [0.05, 0.1) is 12.1 Å². The van der Waals surface area contributed by atoms with Crippen LogP contribution < -0.4 is 10.6 Å². The molecule has 0 bridgehead atoms. The molecule has 1 aromatic rings. The Kier molecular flexibility index (Phi) is 5.74. The van der Waals surface area contributed by atoms with Crippen LogP contribution in [0.2, 0.25) is 0 Å². The highest BCUT2D eigenvalue weighted by Crippen LogP contribution is 2.33. The zero-order valence-corrected chi connectivity index (χ0v) is 14.0. The van der Waals surface area contributed by atoms with Crippen LogP contribution in [0, 0.1) is 0 Å². The highest BCUT2D eigenvalue weighted by Gasteiger charge is 2.36. The van der Waals surface area contributed by atoms with Gasteiger partial charge in [-0.05, 0) is 45.1 Å². The van der Waals surface area contributed by atoms with E-state index in [0.717, 1.165) is 37.8 Å². The molecule has 0 radical (unpaired) electrons. The minimum absolute atomic E-state index is 0.00807. The molecule has 1 saturated carbocycles. The highest BCUT2D eigenvalue weighted by molar-refractivity contribution is 5.80. The molecular formula is C17H24F3N3O. The molecular weight excluding hydrogens is 319 g/mol. The number of amides is 1. The van der Waals surface area contributed by atoms with Crippen molar-refractivity contribution in [3.63, 3.8) is 0 Å². The van der Waals surface area contributed by atoms with E-state index in [1.807, 2.05) is 14.1 Å². The van der Waals surface area contributed by atoms with Gasteiger partial charge in [-0.15, -0.1) is 0 Å². The Morgan fingerprint density at radius 1 is 1.25 bits per heavy atom. The third-order valence-corrected chi connectivity index (χ3v) is 4.74. The zero-order chi connectivity index (χ0) is 17.8. The van der Waals surface area contributed by atoms with E-state index in [4.69, 9.17) is 0 Å². The minimum atomic E-state index is -4.39. The van der Waals surface area contributed by atoms with E-state index < -0.39 is 11.7 Å². The lowest BCUT2D eigenvalue weighted by atomic mass is 9.96. The summed E-state index contributed by atoms with van der Waals surface area (Å²) in [4.78, 5) is 14.2. The Bertz CT molecular complexity index is 566. The molecule has 0 unspecified atom stereocenters. The fourth-order valence-electron chi connectivity index (χ4n) is 3.13. The quantitative estimate of drug-likeness (QED) is 0.834. The largest absolute Gasteiger partial charge is 0.416 e. The van der Waals surface area contributed by atoms with E-state index in [1.165, 1.54) is 12.1 Å². The van der Waals surface area contributed by atoms with Crippen LogP contribution >= 0.6 is 0 Å². The molecule has 1 fully saturated rings. The number of anilines is 1. The molecule has 1 aliphatic rings. The first-order chi connectivity index (χ1) is 11.2. The smallest absolute Gasteiger partial charge is 0.376 e. The van der Waals surface area contributed by atoms with E-state index in [2.05, 4.69) is 15.5 Å². The number of halogens is 3. The van der Waals surface area contributed by atoms with Crippen LogP contribution in [0.4, 0.5) is 18.9 Å². The van der Waals surface area contributed by atoms with Crippen molar-refractivity contribution in [3.05, 3.63) is 29.8 Å². The van der Waals surface area contributed by atoms with E-state index >= 15 is 0 Å². The Balaban J connectivity index is 1.85. The summed E-state index contributed by atoms with van der Waals surface area (Å²) in [6.45, 7) is 0.508. The monoisotopic (exact) mass is 343 g/mol. The van der Waals surface area contributed by atoms with Crippen LogP contribution in [0.15, 0.2) is 24.3 Å². The van der Waals surface area contributed by atoms with Crippen molar-refractivity contribution in [2.45, 2.75) is 37.4 Å². The number of nitrogens with one attached hydrogen (secondary N) is 2. The topological polar surface area (TPSA) is 44.4 Å². The third-order valence-electron chi connectivity index (χ3n) is 4.74. The molecule has 1 amide bonds. The van der Waals surface area contributed by atoms with Gasteiger partial charge in [-0.1, -0.05) is 18.9 Å². The predicted octanol–water partition coefficient (Wildman–Crippen LogP) is 3.11. The third kappa shape index (κ3) is 4.63. The van der Waals surface area contributed by atoms with Gasteiger partial charge in [0.2, 0.25) is 5.91 Å². The highest BCUT2D eigenvalue weighted by atomic mass is 19.4. The zero-order valence-electron chi connectivity index (χ0n) is 14.0. The van der Waals surface area contributed by atoms with Gasteiger partial charge in [-0.25, -0.2) is 0 Å². The van der Waals surface area contributed by atoms with Gasteiger partial charge in [0, 0.05) is 17.8 Å². The SMILES string of the molecule is CN(C)C1(CNC(=O)CNc2cccc(C(F)(F)F)c2)CCCC1. The molecule has 0 aliphatic heterocycles. The van der Waals surface area contributed by atoms with Crippen LogP contribution in [0.5, 0.6) is 0 Å². The number of likely N-dealkylation sites (N-methyl/N-ethyl adjacent to an activating group) is 1. The number of hydrogen-bond donors (Lipinski definition) is 2. The summed E-state index contributed by atoms with van der Waals surface area (Å²) in [5, 5.41) is 5.64. The van der Waals surface area contributed by atoms with Crippen LogP contribution in [0.3, 0.4) is 0 Å². The second-order valence-corrected chi connectivity index (χ2v) is 6.53. The average Bonchev–Trinajstić information content (AvgIpc) is 3.01. The Labute approximate surface area is 140 Å². The summed E-state index contributed by atoms with van der Waals surface area (Å²) in [7, 11) is 4.02. The normalized spacial score (nSPS) is 17.1. The van der Waals surface area contributed by atoms with E-state index in [0.29, 0.717) is 6.54 Å². The molecule has 0 aromatic heterocycles. The maximum Gasteiger partial charge on any atom is 0.416 e. The van der Waals surface area contributed by atoms with Gasteiger partial charge in [-0.3, -0.25) is 4.79 Å². The first kappa shape index (κ1) is 18.6. The van der Waals surface area contributed by atoms with Crippen molar-refractivity contribution in [1.82, 2.24) is 10.2 Å². The Morgan fingerprint density at radius 2 is 1.92 bits per heavy atom. The molecule has 2 rings (SSSR count). The van der Waals surface area contributed by atoms with E-state index in [1.54, 1.807) is 0 Å². The fourth-order valence-corrected chi connectivity index (χ4v) is 3.13. The molecule has 0 saturated heterocycles. The number of alkyl halides is 3. The van der Waals surface area contributed by atoms with E-state index in [-0.39, 0.29) is 23.7 Å². The fraction of sp³-hybridized carbons (Fsp3) is 0.588. The van der Waals surface area contributed by atoms with Crippen LogP contribution in [0.1, 0.15) is 31.2 Å². The molecule has 0 atom stereocenters. The first-order valence-corrected chi connectivity index (χ1v) is 8.08. The molecule has 4 nitrogen and oxygen atoms in total. The Hall–Kier alpha value is -1.76. The molecule has 24 heavy (non-hydrogen) atoms. The summed E-state index contributed by atoms with van der Waals surface area (Å²) >= 11 is 0.